The van der Waals surface area contributed by atoms with Crippen molar-refractivity contribution in [2.75, 3.05) is 20.6 Å². The Kier molecular flexibility index (Phi) is 5.23. The fraction of sp³-hybridized carbons (Fsp3) is 0.400. The number of benzene rings is 1. The summed E-state index contributed by atoms with van der Waals surface area (Å²) < 4.78 is 41.5. The number of hydrogen-bond donors (Lipinski definition) is 1. The third kappa shape index (κ3) is 4.31. The van der Waals surface area contributed by atoms with Crippen molar-refractivity contribution in [3.63, 3.8) is 0 Å². The van der Waals surface area contributed by atoms with E-state index in [0.717, 1.165) is 0 Å². The van der Waals surface area contributed by atoms with E-state index in [0.29, 0.717) is 17.7 Å². The van der Waals surface area contributed by atoms with Gasteiger partial charge in [-0.15, -0.1) is 0 Å². The molecule has 1 unspecified atom stereocenters. The summed E-state index contributed by atoms with van der Waals surface area (Å²) in [7, 11) is 3.82. The lowest BCUT2D eigenvalue weighted by atomic mass is 10.1. The Balaban J connectivity index is 2.05. The van der Waals surface area contributed by atoms with Crippen molar-refractivity contribution >= 4 is 5.91 Å². The first-order valence-electron chi connectivity index (χ1n) is 7.14. The molecule has 0 radical (unpaired) electrons. The van der Waals surface area contributed by atoms with Gasteiger partial charge in [0.2, 0.25) is 5.82 Å². The predicted molar refractivity (Wildman–Crippen MR) is 80.2 cm³/mol. The number of alkyl halides is 3. The van der Waals surface area contributed by atoms with Crippen molar-refractivity contribution in [1.82, 2.24) is 20.4 Å². The maximum atomic E-state index is 12.4. The van der Waals surface area contributed by atoms with Crippen LogP contribution in [-0.2, 0) is 6.18 Å². The van der Waals surface area contributed by atoms with E-state index >= 15 is 0 Å². The van der Waals surface area contributed by atoms with E-state index in [4.69, 9.17) is 0 Å². The maximum absolute atomic E-state index is 12.4. The number of nitrogens with one attached hydrogen (secondary N) is 1. The van der Waals surface area contributed by atoms with Gasteiger partial charge in [0, 0.05) is 23.7 Å². The Morgan fingerprint density at radius 1 is 1.29 bits per heavy atom. The number of halogens is 3. The second-order valence-corrected chi connectivity index (χ2v) is 5.52. The van der Waals surface area contributed by atoms with Crippen LogP contribution < -0.4 is 5.32 Å². The molecule has 6 nitrogen and oxygen atoms in total. The lowest BCUT2D eigenvalue weighted by molar-refractivity contribution is -0.159. The highest BCUT2D eigenvalue weighted by molar-refractivity contribution is 5.94. The fourth-order valence-electron chi connectivity index (χ4n) is 1.75. The molecule has 0 saturated heterocycles. The largest absolute Gasteiger partial charge is 0.471 e. The number of nitrogens with zero attached hydrogens (tertiary/aromatic N) is 3. The normalized spacial score (nSPS) is 13.1. The number of rotatable bonds is 5. The summed E-state index contributed by atoms with van der Waals surface area (Å²) in [6.07, 6.45) is -4.69. The summed E-state index contributed by atoms with van der Waals surface area (Å²) >= 11 is 0. The van der Waals surface area contributed by atoms with Crippen LogP contribution >= 0.6 is 0 Å². The molecular formula is C15H17F3N4O2. The van der Waals surface area contributed by atoms with Gasteiger partial charge < -0.3 is 14.7 Å². The molecule has 130 valence electrons. The van der Waals surface area contributed by atoms with E-state index in [2.05, 4.69) is 20.0 Å². The monoisotopic (exact) mass is 342 g/mol. The molecule has 0 spiro atoms. The lowest BCUT2D eigenvalue weighted by Gasteiger charge is -2.19. The third-order valence-electron chi connectivity index (χ3n) is 3.51. The van der Waals surface area contributed by atoms with E-state index in [1.54, 1.807) is 0 Å². The summed E-state index contributed by atoms with van der Waals surface area (Å²) in [6.45, 7) is 2.45. The molecule has 0 bridgehead atoms. The lowest BCUT2D eigenvalue weighted by Crippen LogP contribution is -2.38. The molecule has 1 heterocycles. The number of carbonyl (C=O) groups is 1. The zero-order chi connectivity index (χ0) is 17.9. The minimum absolute atomic E-state index is 0.174. The van der Waals surface area contributed by atoms with Gasteiger partial charge in [0.15, 0.2) is 0 Å². The maximum Gasteiger partial charge on any atom is 0.471 e. The van der Waals surface area contributed by atoms with Gasteiger partial charge in [-0.3, -0.25) is 4.79 Å². The molecule has 0 aliphatic carbocycles. The zero-order valence-electron chi connectivity index (χ0n) is 13.4. The number of carbonyl (C=O) groups excluding carboxylic acids is 1. The Hall–Kier alpha value is -2.42. The van der Waals surface area contributed by atoms with Gasteiger partial charge in [0.05, 0.1) is 0 Å². The summed E-state index contributed by atoms with van der Waals surface area (Å²) in [5.74, 6) is -1.85. The number of aromatic nitrogens is 2. The molecule has 1 amide bonds. The average molecular weight is 342 g/mol. The van der Waals surface area contributed by atoms with Gasteiger partial charge in [-0.1, -0.05) is 17.3 Å². The highest BCUT2D eigenvalue weighted by Crippen LogP contribution is 2.29. The second kappa shape index (κ2) is 7.00. The quantitative estimate of drug-likeness (QED) is 0.904. The van der Waals surface area contributed by atoms with Gasteiger partial charge in [-0.25, -0.2) is 0 Å². The van der Waals surface area contributed by atoms with Crippen molar-refractivity contribution in [3.8, 4) is 11.4 Å². The minimum Gasteiger partial charge on any atom is -0.350 e. The topological polar surface area (TPSA) is 71.3 Å². The van der Waals surface area contributed by atoms with Crippen LogP contribution in [0.4, 0.5) is 13.2 Å². The molecular weight excluding hydrogens is 325 g/mol. The van der Waals surface area contributed by atoms with Crippen LogP contribution in [0, 0.1) is 0 Å². The fourth-order valence-corrected chi connectivity index (χ4v) is 1.75. The molecule has 2 aromatic rings. The van der Waals surface area contributed by atoms with Gasteiger partial charge in [0.1, 0.15) is 0 Å². The first-order valence-corrected chi connectivity index (χ1v) is 7.14. The van der Waals surface area contributed by atoms with E-state index in [-0.39, 0.29) is 17.8 Å². The van der Waals surface area contributed by atoms with E-state index in [9.17, 15) is 18.0 Å². The minimum atomic E-state index is -4.69. The predicted octanol–water partition coefficient (Wildman–Crippen LogP) is 2.44. The van der Waals surface area contributed by atoms with Crippen LogP contribution in [-0.4, -0.2) is 47.6 Å². The molecule has 0 aliphatic rings. The standard InChI is InChI=1S/C15H17F3N4O2/c1-9(22(2)3)8-19-13(23)11-6-4-10(5-7-11)12-20-14(24-21-12)15(16,17)18/h4-7,9H,8H2,1-3H3,(H,19,23). The molecule has 24 heavy (non-hydrogen) atoms. The van der Waals surface area contributed by atoms with Crippen molar-refractivity contribution in [2.24, 2.45) is 0 Å². The van der Waals surface area contributed by atoms with E-state index in [1.165, 1.54) is 24.3 Å². The highest BCUT2D eigenvalue weighted by Gasteiger charge is 2.38. The first-order chi connectivity index (χ1) is 11.2. The third-order valence-corrected chi connectivity index (χ3v) is 3.51. The van der Waals surface area contributed by atoms with Gasteiger partial charge in [-0.2, -0.15) is 18.2 Å². The SMILES string of the molecule is CC(CNC(=O)c1ccc(-c2noc(C(F)(F)F)n2)cc1)N(C)C. The van der Waals surface area contributed by atoms with E-state index in [1.807, 2.05) is 25.9 Å². The molecule has 1 aromatic carbocycles. The van der Waals surface area contributed by atoms with Gasteiger partial charge in [-0.05, 0) is 33.2 Å². The van der Waals surface area contributed by atoms with Crippen LogP contribution in [0.15, 0.2) is 28.8 Å². The van der Waals surface area contributed by atoms with Crippen LogP contribution in [0.1, 0.15) is 23.2 Å². The number of amides is 1. The molecule has 1 aromatic heterocycles. The number of likely N-dealkylation sites (N-methyl/N-ethyl adjacent to an activating group) is 1. The molecule has 0 aliphatic heterocycles. The molecule has 0 fully saturated rings. The molecule has 9 heteroatoms. The van der Waals surface area contributed by atoms with E-state index < -0.39 is 12.1 Å². The highest BCUT2D eigenvalue weighted by atomic mass is 19.4. The Labute approximate surface area is 136 Å². The van der Waals surface area contributed by atoms with Crippen LogP contribution in [0.5, 0.6) is 0 Å². The summed E-state index contributed by atoms with van der Waals surface area (Å²) in [5.41, 5.74) is 0.719. The molecule has 0 saturated carbocycles. The molecule has 1 atom stereocenters. The second-order valence-electron chi connectivity index (χ2n) is 5.52. The Morgan fingerprint density at radius 2 is 1.92 bits per heavy atom. The summed E-state index contributed by atoms with van der Waals surface area (Å²) in [4.78, 5) is 17.3. The summed E-state index contributed by atoms with van der Waals surface area (Å²) in [6, 6.07) is 6.10. The molecule has 1 N–H and O–H groups in total. The van der Waals surface area contributed by atoms with Crippen LogP contribution in [0.25, 0.3) is 11.4 Å². The Morgan fingerprint density at radius 3 is 2.42 bits per heavy atom. The first kappa shape index (κ1) is 17.9. The average Bonchev–Trinajstić information content (AvgIpc) is 3.02. The smallest absolute Gasteiger partial charge is 0.350 e. The van der Waals surface area contributed by atoms with Crippen molar-refractivity contribution in [1.29, 1.82) is 0 Å². The molecule has 2 rings (SSSR count). The van der Waals surface area contributed by atoms with Crippen LogP contribution in [0.3, 0.4) is 0 Å². The Bertz CT molecular complexity index is 695. The summed E-state index contributed by atoms with van der Waals surface area (Å²) in [5, 5.41) is 6.08. The van der Waals surface area contributed by atoms with Gasteiger partial charge in [0.25, 0.3) is 5.91 Å². The number of hydrogen-bond acceptors (Lipinski definition) is 5. The zero-order valence-corrected chi connectivity index (χ0v) is 13.4. The van der Waals surface area contributed by atoms with Crippen molar-refractivity contribution in [2.45, 2.75) is 19.1 Å². The van der Waals surface area contributed by atoms with Crippen molar-refractivity contribution in [3.05, 3.63) is 35.7 Å². The van der Waals surface area contributed by atoms with Crippen LogP contribution in [0.2, 0.25) is 0 Å². The van der Waals surface area contributed by atoms with Gasteiger partial charge >= 0.3 is 12.1 Å². The van der Waals surface area contributed by atoms with Crippen molar-refractivity contribution < 1.29 is 22.5 Å².